The van der Waals surface area contributed by atoms with Crippen molar-refractivity contribution in [3.63, 3.8) is 0 Å². The number of nitrogens with zero attached hydrogens (tertiary/aromatic N) is 3. The van der Waals surface area contributed by atoms with Crippen molar-refractivity contribution in [2.24, 2.45) is 0 Å². The number of amides is 1. The largest absolute Gasteiger partial charge is 0.484 e. The van der Waals surface area contributed by atoms with Gasteiger partial charge in [0.05, 0.1) is 16.8 Å². The molecule has 0 spiro atoms. The van der Waals surface area contributed by atoms with E-state index < -0.39 is 20.0 Å². The summed E-state index contributed by atoms with van der Waals surface area (Å²) in [4.78, 5) is 14.1. The summed E-state index contributed by atoms with van der Waals surface area (Å²) >= 11 is 0. The molecule has 11 heteroatoms. The Hall–Kier alpha value is -2.63. The number of anilines is 1. The van der Waals surface area contributed by atoms with Crippen LogP contribution in [-0.4, -0.2) is 78.0 Å². The topological polar surface area (TPSA) is 104 Å². The van der Waals surface area contributed by atoms with E-state index in [1.54, 1.807) is 53.4 Å². The van der Waals surface area contributed by atoms with Crippen LogP contribution in [0.5, 0.6) is 5.75 Å². The van der Waals surface area contributed by atoms with E-state index in [1.807, 2.05) is 6.92 Å². The van der Waals surface area contributed by atoms with Crippen molar-refractivity contribution < 1.29 is 26.4 Å². The lowest BCUT2D eigenvalue weighted by Crippen LogP contribution is -2.51. The molecule has 1 aliphatic heterocycles. The standard InChI is InChI=1S/C21H27N3O6S2/c1-17-4-10-20(11-5-17)32(28,29)22(2)18-6-8-19(9-7-18)30-16-21(25)23-12-14-24(15-13-23)31(3,26)27/h4-11H,12-16H2,1-3H3. The summed E-state index contributed by atoms with van der Waals surface area (Å²) in [5.74, 6) is 0.194. The Morgan fingerprint density at radius 1 is 0.938 bits per heavy atom. The van der Waals surface area contributed by atoms with Gasteiger partial charge in [-0.1, -0.05) is 17.7 Å². The molecule has 1 aliphatic rings. The fourth-order valence-corrected chi connectivity index (χ4v) is 5.29. The van der Waals surface area contributed by atoms with E-state index in [-0.39, 0.29) is 30.5 Å². The summed E-state index contributed by atoms with van der Waals surface area (Å²) in [7, 11) is -5.47. The predicted molar refractivity (Wildman–Crippen MR) is 122 cm³/mol. The average Bonchev–Trinajstić information content (AvgIpc) is 2.77. The van der Waals surface area contributed by atoms with Gasteiger partial charge >= 0.3 is 0 Å². The molecule has 32 heavy (non-hydrogen) atoms. The van der Waals surface area contributed by atoms with Gasteiger partial charge in [-0.3, -0.25) is 9.10 Å². The molecular formula is C21H27N3O6S2. The summed E-state index contributed by atoms with van der Waals surface area (Å²) < 4.78 is 56.8. The molecule has 3 rings (SSSR count). The van der Waals surface area contributed by atoms with Crippen LogP contribution in [-0.2, 0) is 24.8 Å². The average molecular weight is 482 g/mol. The van der Waals surface area contributed by atoms with Gasteiger partial charge in [0.25, 0.3) is 15.9 Å². The maximum atomic E-state index is 12.8. The molecule has 1 heterocycles. The van der Waals surface area contributed by atoms with Crippen molar-refractivity contribution in [1.29, 1.82) is 0 Å². The number of carbonyl (C=O) groups excluding carboxylic acids is 1. The summed E-state index contributed by atoms with van der Waals surface area (Å²) in [5, 5.41) is 0. The molecule has 0 radical (unpaired) electrons. The molecule has 0 aromatic heterocycles. The number of sulfonamides is 2. The summed E-state index contributed by atoms with van der Waals surface area (Å²) in [6, 6.07) is 13.1. The molecule has 0 saturated carbocycles. The highest BCUT2D eigenvalue weighted by Crippen LogP contribution is 2.24. The first kappa shape index (κ1) is 24.0. The highest BCUT2D eigenvalue weighted by molar-refractivity contribution is 7.92. The highest BCUT2D eigenvalue weighted by atomic mass is 32.2. The van der Waals surface area contributed by atoms with Gasteiger partial charge in [0, 0.05) is 33.2 Å². The Kier molecular flexibility index (Phi) is 7.11. The molecule has 0 atom stereocenters. The third kappa shape index (κ3) is 5.59. The maximum Gasteiger partial charge on any atom is 0.264 e. The zero-order valence-corrected chi connectivity index (χ0v) is 19.9. The van der Waals surface area contributed by atoms with E-state index in [1.165, 1.54) is 15.7 Å². The second-order valence-corrected chi connectivity index (χ2v) is 11.6. The molecule has 2 aromatic carbocycles. The van der Waals surface area contributed by atoms with Crippen LogP contribution in [0.25, 0.3) is 0 Å². The zero-order valence-electron chi connectivity index (χ0n) is 18.3. The quantitative estimate of drug-likeness (QED) is 0.591. The van der Waals surface area contributed by atoms with Gasteiger partial charge in [-0.15, -0.1) is 0 Å². The smallest absolute Gasteiger partial charge is 0.264 e. The molecule has 174 valence electrons. The Balaban J connectivity index is 1.57. The molecule has 2 aromatic rings. The Bertz CT molecular complexity index is 1160. The monoisotopic (exact) mass is 481 g/mol. The van der Waals surface area contributed by atoms with Crippen molar-refractivity contribution in [3.05, 3.63) is 54.1 Å². The molecule has 0 N–H and O–H groups in total. The van der Waals surface area contributed by atoms with E-state index in [0.29, 0.717) is 24.5 Å². The van der Waals surface area contributed by atoms with E-state index in [2.05, 4.69) is 0 Å². The second-order valence-electron chi connectivity index (χ2n) is 7.61. The van der Waals surface area contributed by atoms with Crippen molar-refractivity contribution >= 4 is 31.6 Å². The van der Waals surface area contributed by atoms with Crippen molar-refractivity contribution in [2.75, 3.05) is 50.4 Å². The zero-order chi connectivity index (χ0) is 23.5. The number of hydrogen-bond donors (Lipinski definition) is 0. The van der Waals surface area contributed by atoms with Gasteiger partial charge < -0.3 is 9.64 Å². The lowest BCUT2D eigenvalue weighted by Gasteiger charge is -2.33. The third-order valence-electron chi connectivity index (χ3n) is 5.30. The minimum absolute atomic E-state index is 0.185. The van der Waals surface area contributed by atoms with Crippen LogP contribution in [0.2, 0.25) is 0 Å². The van der Waals surface area contributed by atoms with Gasteiger partial charge in [-0.25, -0.2) is 16.8 Å². The number of benzene rings is 2. The van der Waals surface area contributed by atoms with Crippen LogP contribution < -0.4 is 9.04 Å². The third-order valence-corrected chi connectivity index (χ3v) is 8.41. The number of rotatable bonds is 7. The molecule has 0 unspecified atom stereocenters. The molecule has 9 nitrogen and oxygen atoms in total. The van der Waals surface area contributed by atoms with Crippen LogP contribution in [0.4, 0.5) is 5.69 Å². The Morgan fingerprint density at radius 3 is 2.03 bits per heavy atom. The molecule has 1 fully saturated rings. The number of ether oxygens (including phenoxy) is 1. The van der Waals surface area contributed by atoms with E-state index >= 15 is 0 Å². The van der Waals surface area contributed by atoms with Crippen LogP contribution in [0.3, 0.4) is 0 Å². The van der Waals surface area contributed by atoms with Gasteiger partial charge in [0.2, 0.25) is 10.0 Å². The minimum atomic E-state index is -3.69. The van der Waals surface area contributed by atoms with E-state index in [9.17, 15) is 21.6 Å². The lowest BCUT2D eigenvalue weighted by molar-refractivity contribution is -0.134. The maximum absolute atomic E-state index is 12.8. The number of hydrogen-bond acceptors (Lipinski definition) is 6. The lowest BCUT2D eigenvalue weighted by atomic mass is 10.2. The number of carbonyl (C=O) groups is 1. The van der Waals surface area contributed by atoms with Crippen LogP contribution in [0, 0.1) is 6.92 Å². The second kappa shape index (κ2) is 9.47. The van der Waals surface area contributed by atoms with E-state index in [0.717, 1.165) is 11.8 Å². The number of piperazine rings is 1. The summed E-state index contributed by atoms with van der Waals surface area (Å²) in [6.45, 7) is 2.86. The molecule has 0 aliphatic carbocycles. The fraction of sp³-hybridized carbons (Fsp3) is 0.381. The molecule has 1 amide bonds. The Labute approximate surface area is 189 Å². The van der Waals surface area contributed by atoms with Gasteiger partial charge in [0.1, 0.15) is 5.75 Å². The van der Waals surface area contributed by atoms with Crippen molar-refractivity contribution in [2.45, 2.75) is 11.8 Å². The van der Waals surface area contributed by atoms with Gasteiger partial charge in [0.15, 0.2) is 6.61 Å². The van der Waals surface area contributed by atoms with Crippen LogP contribution >= 0.6 is 0 Å². The summed E-state index contributed by atoms with van der Waals surface area (Å²) in [5.41, 5.74) is 1.43. The fourth-order valence-electron chi connectivity index (χ4n) is 3.26. The molecular weight excluding hydrogens is 454 g/mol. The van der Waals surface area contributed by atoms with Crippen LogP contribution in [0.1, 0.15) is 5.56 Å². The number of aryl methyl sites for hydroxylation is 1. The normalized spacial score (nSPS) is 15.4. The SMILES string of the molecule is Cc1ccc(S(=O)(=O)N(C)c2ccc(OCC(=O)N3CCN(S(C)(=O)=O)CC3)cc2)cc1. The van der Waals surface area contributed by atoms with Crippen LogP contribution in [0.15, 0.2) is 53.4 Å². The van der Waals surface area contributed by atoms with Gasteiger partial charge in [-0.05, 0) is 43.3 Å². The molecule has 0 bridgehead atoms. The summed E-state index contributed by atoms with van der Waals surface area (Å²) in [6.07, 6.45) is 1.15. The van der Waals surface area contributed by atoms with Crippen molar-refractivity contribution in [1.82, 2.24) is 9.21 Å². The molecule has 1 saturated heterocycles. The van der Waals surface area contributed by atoms with E-state index in [4.69, 9.17) is 4.74 Å². The van der Waals surface area contributed by atoms with Gasteiger partial charge in [-0.2, -0.15) is 4.31 Å². The first-order valence-corrected chi connectivity index (χ1v) is 13.3. The predicted octanol–water partition coefficient (Wildman–Crippen LogP) is 1.30. The van der Waals surface area contributed by atoms with Crippen molar-refractivity contribution in [3.8, 4) is 5.75 Å². The first-order chi connectivity index (χ1) is 15.0. The Morgan fingerprint density at radius 2 is 1.50 bits per heavy atom. The first-order valence-electron chi connectivity index (χ1n) is 10.00. The minimum Gasteiger partial charge on any atom is -0.484 e. The highest BCUT2D eigenvalue weighted by Gasteiger charge is 2.26.